The summed E-state index contributed by atoms with van der Waals surface area (Å²) in [6, 6.07) is 1.97. The third kappa shape index (κ3) is 5.32. The number of aromatic nitrogens is 1. The van der Waals surface area contributed by atoms with E-state index >= 15 is 0 Å². The first-order valence-electron chi connectivity index (χ1n) is 7.12. The number of hydrogen-bond donors (Lipinski definition) is 2. The van der Waals surface area contributed by atoms with Gasteiger partial charge in [-0.3, -0.25) is 4.99 Å². The standard InChI is InChI=1S/C14H26N4O/c1-5-11(6-2)9-16-14(15-4)17-10-13-8-12(7-3)18-19-13/h8,11H,5-7,9-10H2,1-4H3,(H2,15,16,17). The summed E-state index contributed by atoms with van der Waals surface area (Å²) in [6.45, 7) is 8.05. The minimum absolute atomic E-state index is 0.607. The van der Waals surface area contributed by atoms with Crippen LogP contribution < -0.4 is 10.6 Å². The van der Waals surface area contributed by atoms with Gasteiger partial charge in [-0.15, -0.1) is 0 Å². The van der Waals surface area contributed by atoms with Crippen LogP contribution >= 0.6 is 0 Å². The van der Waals surface area contributed by atoms with Gasteiger partial charge in [0.05, 0.1) is 12.2 Å². The molecule has 0 unspecified atom stereocenters. The van der Waals surface area contributed by atoms with Crippen molar-refractivity contribution in [1.29, 1.82) is 0 Å². The summed E-state index contributed by atoms with van der Waals surface area (Å²) in [5.74, 6) is 2.33. The highest BCUT2D eigenvalue weighted by molar-refractivity contribution is 5.79. The molecular weight excluding hydrogens is 240 g/mol. The van der Waals surface area contributed by atoms with E-state index in [-0.39, 0.29) is 0 Å². The smallest absolute Gasteiger partial charge is 0.191 e. The van der Waals surface area contributed by atoms with E-state index < -0.39 is 0 Å². The topological polar surface area (TPSA) is 62.5 Å². The van der Waals surface area contributed by atoms with Crippen molar-refractivity contribution >= 4 is 5.96 Å². The molecule has 0 amide bonds. The van der Waals surface area contributed by atoms with E-state index in [1.54, 1.807) is 7.05 Å². The Labute approximate surface area is 115 Å². The Bertz CT molecular complexity index is 383. The molecule has 0 aromatic carbocycles. The average Bonchev–Trinajstić information content (AvgIpc) is 2.91. The maximum absolute atomic E-state index is 5.22. The lowest BCUT2D eigenvalue weighted by Crippen LogP contribution is -2.39. The molecular formula is C14H26N4O. The van der Waals surface area contributed by atoms with Gasteiger partial charge in [0.1, 0.15) is 0 Å². The van der Waals surface area contributed by atoms with Crippen molar-refractivity contribution in [3.63, 3.8) is 0 Å². The predicted octanol–water partition coefficient (Wildman–Crippen LogP) is 2.34. The molecule has 1 heterocycles. The first kappa shape index (κ1) is 15.5. The molecule has 0 atom stereocenters. The average molecular weight is 266 g/mol. The number of nitrogens with zero attached hydrogens (tertiary/aromatic N) is 2. The molecule has 1 aromatic rings. The van der Waals surface area contributed by atoms with Crippen molar-refractivity contribution < 1.29 is 4.52 Å². The van der Waals surface area contributed by atoms with E-state index in [1.807, 2.05) is 6.07 Å². The summed E-state index contributed by atoms with van der Waals surface area (Å²) in [5, 5.41) is 10.5. The van der Waals surface area contributed by atoms with E-state index in [2.05, 4.69) is 41.6 Å². The fourth-order valence-electron chi connectivity index (χ4n) is 1.82. The molecule has 5 heteroatoms. The lowest BCUT2D eigenvalue weighted by atomic mass is 10.0. The second-order valence-corrected chi connectivity index (χ2v) is 4.63. The second-order valence-electron chi connectivity index (χ2n) is 4.63. The highest BCUT2D eigenvalue weighted by Gasteiger charge is 2.06. The van der Waals surface area contributed by atoms with Crippen LogP contribution in [0.25, 0.3) is 0 Å². The molecule has 19 heavy (non-hydrogen) atoms. The number of aliphatic imine (C=N–C) groups is 1. The van der Waals surface area contributed by atoms with Crippen molar-refractivity contribution in [2.45, 2.75) is 46.6 Å². The first-order chi connectivity index (χ1) is 9.23. The summed E-state index contributed by atoms with van der Waals surface area (Å²) in [4.78, 5) is 4.20. The SMILES string of the molecule is CCc1cc(CNC(=NC)NCC(CC)CC)on1. The van der Waals surface area contributed by atoms with Gasteiger partial charge in [-0.1, -0.05) is 38.8 Å². The second kappa shape index (κ2) is 8.56. The van der Waals surface area contributed by atoms with Crippen LogP contribution in [-0.4, -0.2) is 24.7 Å². The maximum Gasteiger partial charge on any atom is 0.191 e. The Balaban J connectivity index is 2.36. The van der Waals surface area contributed by atoms with Crippen LogP contribution in [0.5, 0.6) is 0 Å². The minimum atomic E-state index is 0.607. The molecule has 5 nitrogen and oxygen atoms in total. The maximum atomic E-state index is 5.22. The van der Waals surface area contributed by atoms with Crippen LogP contribution in [-0.2, 0) is 13.0 Å². The van der Waals surface area contributed by atoms with Gasteiger partial charge < -0.3 is 15.2 Å². The Kier molecular flexibility index (Phi) is 7.00. The first-order valence-corrected chi connectivity index (χ1v) is 7.12. The highest BCUT2D eigenvalue weighted by atomic mass is 16.5. The lowest BCUT2D eigenvalue weighted by Gasteiger charge is -2.16. The van der Waals surface area contributed by atoms with E-state index in [0.29, 0.717) is 12.5 Å². The summed E-state index contributed by atoms with van der Waals surface area (Å²) in [6.07, 6.45) is 3.26. The number of hydrogen-bond acceptors (Lipinski definition) is 3. The molecule has 1 rings (SSSR count). The molecule has 0 aliphatic heterocycles. The van der Waals surface area contributed by atoms with Crippen LogP contribution in [0.15, 0.2) is 15.6 Å². The van der Waals surface area contributed by atoms with Crippen molar-refractivity contribution in [1.82, 2.24) is 15.8 Å². The van der Waals surface area contributed by atoms with E-state index in [1.165, 1.54) is 12.8 Å². The fourth-order valence-corrected chi connectivity index (χ4v) is 1.82. The number of rotatable bonds is 7. The molecule has 0 saturated heterocycles. The van der Waals surface area contributed by atoms with E-state index in [0.717, 1.165) is 30.4 Å². The Morgan fingerprint density at radius 2 is 2.05 bits per heavy atom. The zero-order valence-electron chi connectivity index (χ0n) is 12.5. The molecule has 0 aliphatic carbocycles. The Morgan fingerprint density at radius 3 is 2.58 bits per heavy atom. The van der Waals surface area contributed by atoms with Gasteiger partial charge in [0, 0.05) is 19.7 Å². The predicted molar refractivity (Wildman–Crippen MR) is 78.2 cm³/mol. The zero-order chi connectivity index (χ0) is 14.1. The van der Waals surface area contributed by atoms with Crippen molar-refractivity contribution in [3.8, 4) is 0 Å². The van der Waals surface area contributed by atoms with E-state index in [9.17, 15) is 0 Å². The molecule has 0 saturated carbocycles. The zero-order valence-corrected chi connectivity index (χ0v) is 12.5. The van der Waals surface area contributed by atoms with Gasteiger partial charge in [0.2, 0.25) is 0 Å². The molecule has 0 aliphatic rings. The van der Waals surface area contributed by atoms with Crippen LogP contribution in [0.3, 0.4) is 0 Å². The number of nitrogens with one attached hydrogen (secondary N) is 2. The Morgan fingerprint density at radius 1 is 1.32 bits per heavy atom. The monoisotopic (exact) mass is 266 g/mol. The molecule has 108 valence electrons. The molecule has 0 bridgehead atoms. The Hall–Kier alpha value is -1.52. The third-order valence-corrected chi connectivity index (χ3v) is 3.34. The van der Waals surface area contributed by atoms with Gasteiger partial charge in [-0.2, -0.15) is 0 Å². The largest absolute Gasteiger partial charge is 0.359 e. The van der Waals surface area contributed by atoms with Crippen LogP contribution in [0.2, 0.25) is 0 Å². The summed E-state index contributed by atoms with van der Waals surface area (Å²) in [5.41, 5.74) is 0.983. The van der Waals surface area contributed by atoms with Gasteiger partial charge in [-0.05, 0) is 12.3 Å². The van der Waals surface area contributed by atoms with Crippen LogP contribution in [0, 0.1) is 5.92 Å². The molecule has 0 fully saturated rings. The molecule has 1 aromatic heterocycles. The fraction of sp³-hybridized carbons (Fsp3) is 0.714. The van der Waals surface area contributed by atoms with Crippen molar-refractivity contribution in [2.24, 2.45) is 10.9 Å². The summed E-state index contributed by atoms with van der Waals surface area (Å²) < 4.78 is 5.22. The van der Waals surface area contributed by atoms with Crippen molar-refractivity contribution in [3.05, 3.63) is 17.5 Å². The molecule has 0 spiro atoms. The summed E-state index contributed by atoms with van der Waals surface area (Å²) in [7, 11) is 1.78. The van der Waals surface area contributed by atoms with Crippen molar-refractivity contribution in [2.75, 3.05) is 13.6 Å². The normalized spacial score (nSPS) is 11.9. The lowest BCUT2D eigenvalue weighted by molar-refractivity contribution is 0.374. The van der Waals surface area contributed by atoms with Gasteiger partial charge in [-0.25, -0.2) is 0 Å². The van der Waals surface area contributed by atoms with Gasteiger partial charge in [0.15, 0.2) is 11.7 Å². The van der Waals surface area contributed by atoms with Gasteiger partial charge >= 0.3 is 0 Å². The van der Waals surface area contributed by atoms with Gasteiger partial charge in [0.25, 0.3) is 0 Å². The quantitative estimate of drug-likeness (QED) is 0.587. The summed E-state index contributed by atoms with van der Waals surface area (Å²) >= 11 is 0. The van der Waals surface area contributed by atoms with Crippen LogP contribution in [0.1, 0.15) is 45.1 Å². The number of aryl methyl sites for hydroxylation is 1. The minimum Gasteiger partial charge on any atom is -0.359 e. The van der Waals surface area contributed by atoms with E-state index in [4.69, 9.17) is 4.52 Å². The number of guanidine groups is 1. The highest BCUT2D eigenvalue weighted by Crippen LogP contribution is 2.05. The third-order valence-electron chi connectivity index (χ3n) is 3.34. The van der Waals surface area contributed by atoms with Crippen LogP contribution in [0.4, 0.5) is 0 Å². The molecule has 0 radical (unpaired) electrons. The molecule has 2 N–H and O–H groups in total.